The highest BCUT2D eigenvalue weighted by atomic mass is 15.1. The van der Waals surface area contributed by atoms with E-state index in [0.29, 0.717) is 0 Å². The van der Waals surface area contributed by atoms with Gasteiger partial charge in [-0.1, -0.05) is 61.9 Å². The normalized spacial score (nSPS) is 11.3. The molecule has 3 heteroatoms. The number of hydrogen-bond donors (Lipinski definition) is 1. The summed E-state index contributed by atoms with van der Waals surface area (Å²) in [6.07, 6.45) is 2.31. The van der Waals surface area contributed by atoms with Crippen molar-refractivity contribution in [2.75, 3.05) is 12.4 Å². The van der Waals surface area contributed by atoms with Crippen molar-refractivity contribution in [3.8, 4) is 11.4 Å². The summed E-state index contributed by atoms with van der Waals surface area (Å²) in [5.74, 6) is 1.06. The summed E-state index contributed by atoms with van der Waals surface area (Å²) in [7, 11) is 1.96. The van der Waals surface area contributed by atoms with Gasteiger partial charge < -0.3 is 9.88 Å². The van der Waals surface area contributed by atoms with Crippen LogP contribution in [0.5, 0.6) is 0 Å². The van der Waals surface area contributed by atoms with Crippen molar-refractivity contribution in [3.63, 3.8) is 0 Å². The minimum absolute atomic E-state index is 0.985. The Bertz CT molecular complexity index is 1020. The van der Waals surface area contributed by atoms with Crippen molar-refractivity contribution in [1.29, 1.82) is 0 Å². The first-order valence-corrected chi connectivity index (χ1v) is 8.98. The lowest BCUT2D eigenvalue weighted by atomic mass is 10.0. The molecule has 0 spiro atoms. The van der Waals surface area contributed by atoms with Gasteiger partial charge in [-0.15, -0.1) is 0 Å². The number of nitrogens with zero attached hydrogens (tertiary/aromatic N) is 2. The molecule has 0 bridgehead atoms. The Hall–Kier alpha value is -2.81. The lowest BCUT2D eigenvalue weighted by Crippen LogP contribution is -2.01. The van der Waals surface area contributed by atoms with Crippen LogP contribution in [-0.4, -0.2) is 16.6 Å². The van der Waals surface area contributed by atoms with E-state index in [1.807, 2.05) is 7.05 Å². The quantitative estimate of drug-likeness (QED) is 0.509. The van der Waals surface area contributed by atoms with Crippen LogP contribution in [0.15, 0.2) is 60.7 Å². The molecule has 3 nitrogen and oxygen atoms in total. The average molecular weight is 329 g/mol. The summed E-state index contributed by atoms with van der Waals surface area (Å²) in [4.78, 5) is 5.06. The lowest BCUT2D eigenvalue weighted by molar-refractivity contribution is 0.651. The maximum absolute atomic E-state index is 5.06. The summed E-state index contributed by atoms with van der Waals surface area (Å²) in [5.41, 5.74) is 4.52. The van der Waals surface area contributed by atoms with Gasteiger partial charge in [0.25, 0.3) is 0 Å². The van der Waals surface area contributed by atoms with Crippen LogP contribution in [0.2, 0.25) is 0 Å². The summed E-state index contributed by atoms with van der Waals surface area (Å²) in [6.45, 7) is 3.22. The van der Waals surface area contributed by atoms with Gasteiger partial charge in [0.2, 0.25) is 0 Å². The minimum atomic E-state index is 0.985. The standard InChI is InChI=1S/C22H23N3/c1-3-4-15-25-20-14-8-13-19(23-2)21(20)24-22(25)18-12-7-10-16-9-5-6-11-17(16)18/h5-14,23H,3-4,15H2,1-2H3. The Kier molecular flexibility index (Phi) is 4.14. The van der Waals surface area contributed by atoms with E-state index in [-0.39, 0.29) is 0 Å². The highest BCUT2D eigenvalue weighted by molar-refractivity contribution is 5.98. The first-order chi connectivity index (χ1) is 12.3. The van der Waals surface area contributed by atoms with Crippen molar-refractivity contribution in [3.05, 3.63) is 60.7 Å². The Morgan fingerprint density at radius 2 is 1.76 bits per heavy atom. The fraction of sp³-hybridized carbons (Fsp3) is 0.227. The molecular weight excluding hydrogens is 306 g/mol. The van der Waals surface area contributed by atoms with Gasteiger partial charge in [0.15, 0.2) is 0 Å². The molecule has 25 heavy (non-hydrogen) atoms. The zero-order chi connectivity index (χ0) is 17.2. The molecule has 4 aromatic rings. The number of fused-ring (bicyclic) bond motifs is 2. The van der Waals surface area contributed by atoms with E-state index in [4.69, 9.17) is 4.98 Å². The predicted octanol–water partition coefficient (Wildman–Crippen LogP) is 5.70. The molecule has 0 fully saturated rings. The number of nitrogens with one attached hydrogen (secondary N) is 1. The summed E-state index contributed by atoms with van der Waals surface area (Å²) < 4.78 is 2.38. The second kappa shape index (κ2) is 6.60. The second-order valence-electron chi connectivity index (χ2n) is 6.39. The number of hydrogen-bond acceptors (Lipinski definition) is 2. The number of para-hydroxylation sites is 1. The van der Waals surface area contributed by atoms with Gasteiger partial charge >= 0.3 is 0 Å². The number of benzene rings is 3. The molecule has 0 amide bonds. The van der Waals surface area contributed by atoms with E-state index in [9.17, 15) is 0 Å². The van der Waals surface area contributed by atoms with Crippen molar-refractivity contribution >= 4 is 27.5 Å². The molecular formula is C22H23N3. The number of anilines is 1. The average Bonchev–Trinajstić information content (AvgIpc) is 3.04. The van der Waals surface area contributed by atoms with E-state index in [0.717, 1.165) is 30.0 Å². The molecule has 0 aliphatic heterocycles. The van der Waals surface area contributed by atoms with Gasteiger partial charge in [-0.2, -0.15) is 0 Å². The van der Waals surface area contributed by atoms with E-state index >= 15 is 0 Å². The van der Waals surface area contributed by atoms with Gasteiger partial charge in [-0.3, -0.25) is 0 Å². The molecule has 0 aliphatic carbocycles. The maximum Gasteiger partial charge on any atom is 0.141 e. The number of aryl methyl sites for hydroxylation is 1. The molecule has 1 aromatic heterocycles. The molecule has 1 N–H and O–H groups in total. The van der Waals surface area contributed by atoms with Crippen molar-refractivity contribution < 1.29 is 0 Å². The van der Waals surface area contributed by atoms with Crippen LogP contribution < -0.4 is 5.32 Å². The monoisotopic (exact) mass is 329 g/mol. The molecule has 0 atom stereocenters. The smallest absolute Gasteiger partial charge is 0.141 e. The Morgan fingerprint density at radius 3 is 2.60 bits per heavy atom. The van der Waals surface area contributed by atoms with Crippen LogP contribution in [0.4, 0.5) is 5.69 Å². The van der Waals surface area contributed by atoms with Gasteiger partial charge in [-0.25, -0.2) is 4.98 Å². The van der Waals surface area contributed by atoms with Gasteiger partial charge in [0, 0.05) is 19.2 Å². The van der Waals surface area contributed by atoms with Crippen LogP contribution in [0.25, 0.3) is 33.2 Å². The van der Waals surface area contributed by atoms with Crippen molar-refractivity contribution in [2.45, 2.75) is 26.3 Å². The largest absolute Gasteiger partial charge is 0.386 e. The zero-order valence-corrected chi connectivity index (χ0v) is 14.8. The third-order valence-corrected chi connectivity index (χ3v) is 4.81. The third kappa shape index (κ3) is 2.66. The molecule has 0 saturated carbocycles. The molecule has 3 aromatic carbocycles. The van der Waals surface area contributed by atoms with E-state index in [1.165, 1.54) is 28.3 Å². The van der Waals surface area contributed by atoms with Crippen LogP contribution in [0.1, 0.15) is 19.8 Å². The van der Waals surface area contributed by atoms with Crippen molar-refractivity contribution in [1.82, 2.24) is 9.55 Å². The van der Waals surface area contributed by atoms with Crippen LogP contribution in [0, 0.1) is 0 Å². The number of rotatable bonds is 5. The van der Waals surface area contributed by atoms with E-state index in [2.05, 4.69) is 77.5 Å². The Morgan fingerprint density at radius 1 is 0.960 bits per heavy atom. The third-order valence-electron chi connectivity index (χ3n) is 4.81. The molecule has 0 unspecified atom stereocenters. The SMILES string of the molecule is CCCCn1c(-c2cccc3ccccc23)nc2c(NC)cccc21. The first-order valence-electron chi connectivity index (χ1n) is 8.98. The maximum atomic E-state index is 5.06. The number of unbranched alkanes of at least 4 members (excludes halogenated alkanes) is 1. The molecule has 0 aliphatic rings. The molecule has 1 heterocycles. The molecule has 0 saturated heterocycles. The minimum Gasteiger partial charge on any atom is -0.386 e. The highest BCUT2D eigenvalue weighted by Gasteiger charge is 2.16. The zero-order valence-electron chi connectivity index (χ0n) is 14.8. The summed E-state index contributed by atoms with van der Waals surface area (Å²) in [5, 5.41) is 5.79. The second-order valence-corrected chi connectivity index (χ2v) is 6.39. The predicted molar refractivity (Wildman–Crippen MR) is 107 cm³/mol. The first kappa shape index (κ1) is 15.7. The van der Waals surface area contributed by atoms with Gasteiger partial charge in [-0.05, 0) is 29.3 Å². The summed E-state index contributed by atoms with van der Waals surface area (Å²) >= 11 is 0. The number of imidazole rings is 1. The van der Waals surface area contributed by atoms with Crippen molar-refractivity contribution in [2.24, 2.45) is 0 Å². The molecule has 126 valence electrons. The van der Waals surface area contributed by atoms with Gasteiger partial charge in [0.1, 0.15) is 11.3 Å². The highest BCUT2D eigenvalue weighted by Crippen LogP contribution is 2.33. The number of aromatic nitrogens is 2. The Labute approximate surface area is 148 Å². The van der Waals surface area contributed by atoms with Crippen LogP contribution >= 0.6 is 0 Å². The van der Waals surface area contributed by atoms with E-state index < -0.39 is 0 Å². The molecule has 0 radical (unpaired) electrons. The lowest BCUT2D eigenvalue weighted by Gasteiger charge is -2.11. The Balaban J connectivity index is 2.02. The topological polar surface area (TPSA) is 29.9 Å². The summed E-state index contributed by atoms with van der Waals surface area (Å²) in [6, 6.07) is 21.4. The van der Waals surface area contributed by atoms with Crippen LogP contribution in [0.3, 0.4) is 0 Å². The fourth-order valence-electron chi connectivity index (χ4n) is 3.52. The van der Waals surface area contributed by atoms with Gasteiger partial charge in [0.05, 0.1) is 11.2 Å². The molecule has 4 rings (SSSR count). The van der Waals surface area contributed by atoms with Crippen LogP contribution in [-0.2, 0) is 6.54 Å². The van der Waals surface area contributed by atoms with E-state index in [1.54, 1.807) is 0 Å². The fourth-order valence-corrected chi connectivity index (χ4v) is 3.52.